The summed E-state index contributed by atoms with van der Waals surface area (Å²) >= 11 is 0. The Kier molecular flexibility index (Phi) is 7.90. The topological polar surface area (TPSA) is 81.1 Å². The minimum Gasteiger partial charge on any atom is -0.497 e. The van der Waals surface area contributed by atoms with E-state index in [9.17, 15) is 9.59 Å². The third-order valence-corrected chi connectivity index (χ3v) is 3.27. The maximum Gasteiger partial charge on any atom is 0.275 e. The van der Waals surface area contributed by atoms with E-state index in [2.05, 4.69) is 10.6 Å². The van der Waals surface area contributed by atoms with Gasteiger partial charge in [-0.05, 0) is 19.1 Å². The SMILES string of the molecule is CCNC(=O)CNC(=O)C[NH+](C)Cc1ccc(OC)cc1OC. The lowest BCUT2D eigenvalue weighted by Gasteiger charge is -2.16. The molecule has 1 rings (SSSR count). The molecule has 2 amide bonds. The van der Waals surface area contributed by atoms with Crippen LogP contribution in [0.15, 0.2) is 18.2 Å². The fourth-order valence-electron chi connectivity index (χ4n) is 2.16. The van der Waals surface area contributed by atoms with Crippen LogP contribution in [0, 0.1) is 0 Å². The van der Waals surface area contributed by atoms with Gasteiger partial charge in [-0.25, -0.2) is 0 Å². The summed E-state index contributed by atoms with van der Waals surface area (Å²) in [7, 11) is 5.12. The number of hydrogen-bond donors (Lipinski definition) is 3. The number of benzene rings is 1. The second-order valence-corrected chi connectivity index (χ2v) is 5.22. The summed E-state index contributed by atoms with van der Waals surface area (Å²) < 4.78 is 10.5. The van der Waals surface area contributed by atoms with Crippen LogP contribution in [0.3, 0.4) is 0 Å². The molecule has 0 radical (unpaired) electrons. The fourth-order valence-corrected chi connectivity index (χ4v) is 2.16. The Bertz CT molecular complexity index is 534. The van der Waals surface area contributed by atoms with Gasteiger partial charge < -0.3 is 25.0 Å². The van der Waals surface area contributed by atoms with Gasteiger partial charge in [0.1, 0.15) is 18.0 Å². The number of carbonyl (C=O) groups is 2. The normalized spacial score (nSPS) is 11.5. The standard InChI is InChI=1S/C16H25N3O4/c1-5-17-15(20)9-18-16(21)11-19(2)10-12-6-7-13(22-3)8-14(12)23-4/h6-8H,5,9-11H2,1-4H3,(H,17,20)(H,18,21)/p+1. The lowest BCUT2D eigenvalue weighted by atomic mass is 10.2. The molecule has 0 fully saturated rings. The molecule has 1 aromatic carbocycles. The molecule has 0 spiro atoms. The highest BCUT2D eigenvalue weighted by atomic mass is 16.5. The van der Waals surface area contributed by atoms with Gasteiger partial charge in [-0.15, -0.1) is 0 Å². The number of nitrogens with one attached hydrogen (secondary N) is 3. The Morgan fingerprint density at radius 3 is 2.48 bits per heavy atom. The molecule has 7 heteroatoms. The number of quaternary nitrogens is 1. The number of hydrogen-bond acceptors (Lipinski definition) is 4. The molecule has 1 atom stereocenters. The first-order valence-corrected chi connectivity index (χ1v) is 7.55. The molecule has 3 N–H and O–H groups in total. The van der Waals surface area contributed by atoms with Gasteiger partial charge >= 0.3 is 0 Å². The molecule has 1 unspecified atom stereocenters. The second kappa shape index (κ2) is 9.68. The van der Waals surface area contributed by atoms with Gasteiger partial charge in [0, 0.05) is 18.2 Å². The lowest BCUT2D eigenvalue weighted by molar-refractivity contribution is -0.885. The highest BCUT2D eigenvalue weighted by Gasteiger charge is 2.14. The van der Waals surface area contributed by atoms with Gasteiger partial charge in [-0.2, -0.15) is 0 Å². The van der Waals surface area contributed by atoms with E-state index in [4.69, 9.17) is 9.47 Å². The fraction of sp³-hybridized carbons (Fsp3) is 0.500. The minimum atomic E-state index is -0.185. The van der Waals surface area contributed by atoms with Gasteiger partial charge in [0.25, 0.3) is 5.91 Å². The molecule has 0 aromatic heterocycles. The number of methoxy groups -OCH3 is 2. The summed E-state index contributed by atoms with van der Waals surface area (Å²) in [5.74, 6) is 1.10. The van der Waals surface area contributed by atoms with Crippen LogP contribution in [0.4, 0.5) is 0 Å². The first-order valence-electron chi connectivity index (χ1n) is 7.55. The van der Waals surface area contributed by atoms with Crippen molar-refractivity contribution in [3.05, 3.63) is 23.8 Å². The quantitative estimate of drug-likeness (QED) is 0.543. The Morgan fingerprint density at radius 1 is 1.13 bits per heavy atom. The van der Waals surface area contributed by atoms with E-state index in [0.29, 0.717) is 13.1 Å². The van der Waals surface area contributed by atoms with E-state index in [1.54, 1.807) is 14.2 Å². The highest BCUT2D eigenvalue weighted by Crippen LogP contribution is 2.23. The predicted octanol–water partition coefficient (Wildman–Crippen LogP) is -1.03. The van der Waals surface area contributed by atoms with Crippen molar-refractivity contribution in [1.29, 1.82) is 0 Å². The maximum atomic E-state index is 11.8. The molecule has 0 heterocycles. The molecule has 128 valence electrons. The summed E-state index contributed by atoms with van der Waals surface area (Å²) in [5.41, 5.74) is 0.988. The molecule has 0 saturated carbocycles. The van der Waals surface area contributed by atoms with Crippen molar-refractivity contribution < 1.29 is 24.0 Å². The Balaban J connectivity index is 2.51. The van der Waals surface area contributed by atoms with Gasteiger partial charge in [0.2, 0.25) is 5.91 Å². The van der Waals surface area contributed by atoms with Gasteiger partial charge in [0.15, 0.2) is 6.54 Å². The van der Waals surface area contributed by atoms with E-state index < -0.39 is 0 Å². The van der Waals surface area contributed by atoms with Gasteiger partial charge in [-0.3, -0.25) is 9.59 Å². The first-order chi connectivity index (χ1) is 11.0. The molecule has 0 aliphatic carbocycles. The zero-order chi connectivity index (χ0) is 17.2. The van der Waals surface area contributed by atoms with Crippen molar-refractivity contribution in [2.75, 3.05) is 40.9 Å². The van der Waals surface area contributed by atoms with Crippen LogP contribution < -0.4 is 25.0 Å². The van der Waals surface area contributed by atoms with Crippen LogP contribution in [0.2, 0.25) is 0 Å². The van der Waals surface area contributed by atoms with Gasteiger partial charge in [0.05, 0.1) is 27.8 Å². The van der Waals surface area contributed by atoms with Gasteiger partial charge in [-0.1, -0.05) is 0 Å². The first kappa shape index (κ1) is 18.8. The zero-order valence-electron chi connectivity index (χ0n) is 14.2. The molecule has 0 saturated heterocycles. The van der Waals surface area contributed by atoms with Crippen LogP contribution in [0.25, 0.3) is 0 Å². The molecule has 0 aliphatic rings. The summed E-state index contributed by atoms with van der Waals surface area (Å²) in [5, 5.41) is 5.24. The van der Waals surface area contributed by atoms with E-state index >= 15 is 0 Å². The summed E-state index contributed by atoms with van der Waals surface area (Å²) in [6, 6.07) is 5.60. The largest absolute Gasteiger partial charge is 0.497 e. The number of ether oxygens (including phenoxy) is 2. The molecule has 0 aliphatic heterocycles. The van der Waals surface area contributed by atoms with Crippen LogP contribution >= 0.6 is 0 Å². The molecular formula is C16H26N3O4+. The van der Waals surface area contributed by atoms with E-state index in [1.807, 2.05) is 32.2 Å². The zero-order valence-corrected chi connectivity index (χ0v) is 14.2. The third kappa shape index (κ3) is 6.56. The van der Waals surface area contributed by atoms with Crippen LogP contribution in [-0.4, -0.2) is 52.7 Å². The summed E-state index contributed by atoms with van der Waals surface area (Å²) in [4.78, 5) is 24.1. The maximum absolute atomic E-state index is 11.8. The van der Waals surface area contributed by atoms with Crippen molar-refractivity contribution in [2.45, 2.75) is 13.5 Å². The van der Waals surface area contributed by atoms with Crippen molar-refractivity contribution in [3.63, 3.8) is 0 Å². The second-order valence-electron chi connectivity index (χ2n) is 5.22. The molecule has 1 aromatic rings. The number of carbonyl (C=O) groups excluding carboxylic acids is 2. The monoisotopic (exact) mass is 324 g/mol. The lowest BCUT2D eigenvalue weighted by Crippen LogP contribution is -3.08. The molecule has 0 bridgehead atoms. The number of amides is 2. The van der Waals surface area contributed by atoms with Crippen molar-refractivity contribution in [1.82, 2.24) is 10.6 Å². The average Bonchev–Trinajstić information content (AvgIpc) is 2.53. The number of likely N-dealkylation sites (N-methyl/N-ethyl adjacent to an activating group) is 2. The van der Waals surface area contributed by atoms with Crippen molar-refractivity contribution >= 4 is 11.8 Å². The van der Waals surface area contributed by atoms with E-state index in [-0.39, 0.29) is 24.9 Å². The van der Waals surface area contributed by atoms with Crippen LogP contribution in [0.1, 0.15) is 12.5 Å². The van der Waals surface area contributed by atoms with E-state index in [1.165, 1.54) is 0 Å². The molecular weight excluding hydrogens is 298 g/mol. The minimum absolute atomic E-state index is 0.00576. The number of rotatable bonds is 9. The third-order valence-electron chi connectivity index (χ3n) is 3.27. The Hall–Kier alpha value is -2.28. The Morgan fingerprint density at radius 2 is 1.87 bits per heavy atom. The summed E-state index contributed by atoms with van der Waals surface area (Å²) in [6.45, 7) is 3.29. The van der Waals surface area contributed by atoms with Crippen LogP contribution in [-0.2, 0) is 16.1 Å². The highest BCUT2D eigenvalue weighted by molar-refractivity contribution is 5.84. The average molecular weight is 324 g/mol. The van der Waals surface area contributed by atoms with Crippen molar-refractivity contribution in [2.24, 2.45) is 0 Å². The molecule has 23 heavy (non-hydrogen) atoms. The predicted molar refractivity (Wildman–Crippen MR) is 86.7 cm³/mol. The van der Waals surface area contributed by atoms with E-state index in [0.717, 1.165) is 22.0 Å². The van der Waals surface area contributed by atoms with Crippen molar-refractivity contribution in [3.8, 4) is 11.5 Å². The Labute approximate surface area is 136 Å². The summed E-state index contributed by atoms with van der Waals surface area (Å²) in [6.07, 6.45) is 0. The van der Waals surface area contributed by atoms with Crippen LogP contribution in [0.5, 0.6) is 11.5 Å². The smallest absolute Gasteiger partial charge is 0.275 e. The molecule has 7 nitrogen and oxygen atoms in total.